The Balaban J connectivity index is 3.05. The number of ketones is 1. The van der Waals surface area contributed by atoms with Crippen molar-refractivity contribution in [1.82, 2.24) is 0 Å². The van der Waals surface area contributed by atoms with Crippen LogP contribution in [-0.4, -0.2) is 24.8 Å². The number of carbonyl (C=O) groups is 2. The Morgan fingerprint density at radius 2 is 1.90 bits per heavy atom. The van der Waals surface area contributed by atoms with Crippen LogP contribution in [0.4, 0.5) is 8.78 Å². The summed E-state index contributed by atoms with van der Waals surface area (Å²) < 4.78 is 32.6. The second kappa shape index (κ2) is 7.11. The number of methoxy groups -OCH3 is 1. The third-order valence-electron chi connectivity index (χ3n) is 3.34. The molecule has 0 aliphatic carbocycles. The summed E-state index contributed by atoms with van der Waals surface area (Å²) in [6.45, 7) is 4.45. The molecule has 0 saturated carbocycles. The van der Waals surface area contributed by atoms with E-state index in [1.54, 1.807) is 30.3 Å². The maximum absolute atomic E-state index is 14.0. The Hall–Kier alpha value is -2.04. The second-order valence-electron chi connectivity index (χ2n) is 4.78. The lowest BCUT2D eigenvalue weighted by molar-refractivity contribution is -0.162. The van der Waals surface area contributed by atoms with Crippen LogP contribution >= 0.6 is 0 Å². The fourth-order valence-corrected chi connectivity index (χ4v) is 1.88. The number of hydrogen-bond acceptors (Lipinski definition) is 3. The predicted molar refractivity (Wildman–Crippen MR) is 75.0 cm³/mol. The van der Waals surface area contributed by atoms with Crippen molar-refractivity contribution in [2.45, 2.75) is 19.3 Å². The Labute approximate surface area is 122 Å². The van der Waals surface area contributed by atoms with Gasteiger partial charge in [-0.2, -0.15) is 8.78 Å². The van der Waals surface area contributed by atoms with Crippen molar-refractivity contribution in [3.05, 3.63) is 48.6 Å². The van der Waals surface area contributed by atoms with Gasteiger partial charge in [-0.15, -0.1) is 6.58 Å². The number of ether oxygens (including phenoxy) is 1. The maximum Gasteiger partial charge on any atom is 0.316 e. The number of carbonyl (C=O) groups excluding carboxylic acids is 2. The molecular formula is C16H18F2O3. The quantitative estimate of drug-likeness (QED) is 0.441. The molecule has 0 aliphatic rings. The van der Waals surface area contributed by atoms with E-state index >= 15 is 0 Å². The zero-order valence-corrected chi connectivity index (χ0v) is 12.0. The molecule has 0 N–H and O–H groups in total. The van der Waals surface area contributed by atoms with E-state index < -0.39 is 29.5 Å². The van der Waals surface area contributed by atoms with Gasteiger partial charge in [-0.25, -0.2) is 0 Å². The van der Waals surface area contributed by atoms with Crippen LogP contribution < -0.4 is 0 Å². The average molecular weight is 296 g/mol. The molecule has 3 nitrogen and oxygen atoms in total. The molecule has 0 amide bonds. The first kappa shape index (κ1) is 17.0. The molecule has 0 aromatic heterocycles. The van der Waals surface area contributed by atoms with E-state index in [2.05, 4.69) is 11.3 Å². The van der Waals surface area contributed by atoms with Gasteiger partial charge >= 0.3 is 11.9 Å². The van der Waals surface area contributed by atoms with Crippen LogP contribution in [0.3, 0.4) is 0 Å². The fraction of sp³-hybridized carbons (Fsp3) is 0.375. The first-order chi connectivity index (χ1) is 9.84. The van der Waals surface area contributed by atoms with E-state index in [1.807, 2.05) is 0 Å². The molecule has 1 rings (SSSR count). The SMILES string of the molecule is C=CC(C)C(F)(F)C(=O)C(Cc1ccccc1)C(=O)OC. The summed E-state index contributed by atoms with van der Waals surface area (Å²) in [4.78, 5) is 23.8. The normalized spacial score (nSPS) is 14.1. The minimum Gasteiger partial charge on any atom is -0.468 e. The highest BCUT2D eigenvalue weighted by Crippen LogP contribution is 2.31. The first-order valence-corrected chi connectivity index (χ1v) is 6.51. The molecule has 0 aliphatic heterocycles. The molecule has 2 atom stereocenters. The number of halogens is 2. The van der Waals surface area contributed by atoms with Crippen molar-refractivity contribution in [3.63, 3.8) is 0 Å². The molecule has 1 aromatic rings. The number of hydrogen-bond donors (Lipinski definition) is 0. The fourth-order valence-electron chi connectivity index (χ4n) is 1.88. The highest BCUT2D eigenvalue weighted by molar-refractivity contribution is 6.03. The first-order valence-electron chi connectivity index (χ1n) is 6.51. The van der Waals surface area contributed by atoms with Crippen LogP contribution in [0.25, 0.3) is 0 Å². The lowest BCUT2D eigenvalue weighted by Gasteiger charge is -2.23. The molecule has 114 valence electrons. The van der Waals surface area contributed by atoms with Crippen LogP contribution in [0.2, 0.25) is 0 Å². The Kier molecular flexibility index (Phi) is 5.76. The van der Waals surface area contributed by atoms with Crippen LogP contribution in [-0.2, 0) is 20.7 Å². The molecule has 0 heterocycles. The van der Waals surface area contributed by atoms with Gasteiger partial charge in [-0.3, -0.25) is 9.59 Å². The van der Waals surface area contributed by atoms with Gasteiger partial charge in [0.1, 0.15) is 5.92 Å². The van der Waals surface area contributed by atoms with Crippen molar-refractivity contribution >= 4 is 11.8 Å². The summed E-state index contributed by atoms with van der Waals surface area (Å²) in [7, 11) is 1.07. The molecule has 0 fully saturated rings. The standard InChI is InChI=1S/C16H18F2O3/c1-4-11(2)16(17,18)14(19)13(15(20)21-3)10-12-8-6-5-7-9-12/h4-9,11,13H,1,10H2,2-3H3. The van der Waals surface area contributed by atoms with E-state index in [1.165, 1.54) is 6.92 Å². The highest BCUT2D eigenvalue weighted by Gasteiger charge is 2.48. The third-order valence-corrected chi connectivity index (χ3v) is 3.34. The number of rotatable bonds is 7. The second-order valence-corrected chi connectivity index (χ2v) is 4.78. The number of allylic oxidation sites excluding steroid dienone is 1. The molecule has 0 radical (unpaired) electrons. The van der Waals surface area contributed by atoms with Gasteiger partial charge in [-0.1, -0.05) is 43.3 Å². The summed E-state index contributed by atoms with van der Waals surface area (Å²) in [5.74, 6) is -8.94. The maximum atomic E-state index is 14.0. The Bertz CT molecular complexity index is 512. The van der Waals surface area contributed by atoms with Crippen molar-refractivity contribution in [2.75, 3.05) is 7.11 Å². The summed E-state index contributed by atoms with van der Waals surface area (Å²) in [6.07, 6.45) is 0.876. The third kappa shape index (κ3) is 3.97. The van der Waals surface area contributed by atoms with Gasteiger partial charge in [-0.05, 0) is 12.0 Å². The predicted octanol–water partition coefficient (Wildman–Crippen LogP) is 3.04. The van der Waals surface area contributed by atoms with Crippen LogP contribution in [0.5, 0.6) is 0 Å². The molecular weight excluding hydrogens is 278 g/mol. The Morgan fingerprint density at radius 3 is 2.38 bits per heavy atom. The molecule has 0 bridgehead atoms. The number of esters is 1. The van der Waals surface area contributed by atoms with Crippen LogP contribution in [0, 0.1) is 11.8 Å². The average Bonchev–Trinajstić information content (AvgIpc) is 2.51. The van der Waals surface area contributed by atoms with Crippen LogP contribution in [0.15, 0.2) is 43.0 Å². The largest absolute Gasteiger partial charge is 0.468 e. The van der Waals surface area contributed by atoms with Gasteiger partial charge in [0.2, 0.25) is 5.78 Å². The molecule has 0 spiro atoms. The summed E-state index contributed by atoms with van der Waals surface area (Å²) in [6, 6.07) is 8.50. The number of benzene rings is 1. The van der Waals surface area contributed by atoms with E-state index in [0.717, 1.165) is 13.2 Å². The molecule has 21 heavy (non-hydrogen) atoms. The van der Waals surface area contributed by atoms with Gasteiger partial charge in [0, 0.05) is 5.92 Å². The molecule has 1 aromatic carbocycles. The van der Waals surface area contributed by atoms with E-state index in [0.29, 0.717) is 5.56 Å². The van der Waals surface area contributed by atoms with Crippen molar-refractivity contribution in [3.8, 4) is 0 Å². The van der Waals surface area contributed by atoms with E-state index in [9.17, 15) is 18.4 Å². The zero-order valence-electron chi connectivity index (χ0n) is 12.0. The topological polar surface area (TPSA) is 43.4 Å². The minimum absolute atomic E-state index is 0.119. The van der Waals surface area contributed by atoms with Gasteiger partial charge in [0.15, 0.2) is 0 Å². The monoisotopic (exact) mass is 296 g/mol. The number of alkyl halides is 2. The van der Waals surface area contributed by atoms with Gasteiger partial charge in [0.05, 0.1) is 7.11 Å². The Morgan fingerprint density at radius 1 is 1.33 bits per heavy atom. The highest BCUT2D eigenvalue weighted by atomic mass is 19.3. The summed E-state index contributed by atoms with van der Waals surface area (Å²) in [5, 5.41) is 0. The summed E-state index contributed by atoms with van der Waals surface area (Å²) in [5.41, 5.74) is 0.614. The van der Waals surface area contributed by atoms with Crippen LogP contribution in [0.1, 0.15) is 12.5 Å². The summed E-state index contributed by atoms with van der Waals surface area (Å²) >= 11 is 0. The van der Waals surface area contributed by atoms with Crippen molar-refractivity contribution in [1.29, 1.82) is 0 Å². The minimum atomic E-state index is -3.66. The molecule has 5 heteroatoms. The van der Waals surface area contributed by atoms with Crippen molar-refractivity contribution in [2.24, 2.45) is 11.8 Å². The molecule has 0 saturated heterocycles. The number of Topliss-reactive ketones (excluding diaryl/α,β-unsaturated/α-hetero) is 1. The zero-order chi connectivity index (χ0) is 16.0. The lowest BCUT2D eigenvalue weighted by Crippen LogP contribution is -2.43. The van der Waals surface area contributed by atoms with Crippen molar-refractivity contribution < 1.29 is 23.1 Å². The lowest BCUT2D eigenvalue weighted by atomic mass is 9.87. The smallest absolute Gasteiger partial charge is 0.316 e. The van der Waals surface area contributed by atoms with Gasteiger partial charge < -0.3 is 4.74 Å². The molecule has 2 unspecified atom stereocenters. The van der Waals surface area contributed by atoms with E-state index in [4.69, 9.17) is 0 Å². The van der Waals surface area contributed by atoms with E-state index in [-0.39, 0.29) is 6.42 Å². The van der Waals surface area contributed by atoms with Gasteiger partial charge in [0.25, 0.3) is 0 Å².